The van der Waals surface area contributed by atoms with Crippen LogP contribution in [0.5, 0.6) is 0 Å². The number of carbonyl (C=O) groups excluding carboxylic acids is 1. The summed E-state index contributed by atoms with van der Waals surface area (Å²) in [7, 11) is 0. The zero-order valence-corrected chi connectivity index (χ0v) is 12.7. The molecular weight excluding hydrogens is 304 g/mol. The maximum Gasteiger partial charge on any atom is 0.188 e. The molecule has 3 aromatic rings. The third-order valence-electron chi connectivity index (χ3n) is 3.08. The van der Waals surface area contributed by atoms with Crippen molar-refractivity contribution in [2.45, 2.75) is 11.8 Å². The minimum atomic E-state index is -0.465. The SMILES string of the molecule is O=CC(Cl)Cc1ccc(Nc2nc3ccccc3s2)cc1. The van der Waals surface area contributed by atoms with Crippen LogP contribution in [0.2, 0.25) is 0 Å². The van der Waals surface area contributed by atoms with Gasteiger partial charge in [0.1, 0.15) is 6.29 Å². The Morgan fingerprint density at radius 3 is 2.67 bits per heavy atom. The van der Waals surface area contributed by atoms with Crippen LogP contribution in [0.15, 0.2) is 48.5 Å². The van der Waals surface area contributed by atoms with E-state index in [1.54, 1.807) is 11.3 Å². The number of hydrogen-bond donors (Lipinski definition) is 1. The molecule has 21 heavy (non-hydrogen) atoms. The molecule has 0 saturated heterocycles. The highest BCUT2D eigenvalue weighted by Crippen LogP contribution is 2.28. The van der Waals surface area contributed by atoms with Gasteiger partial charge >= 0.3 is 0 Å². The number of alkyl halides is 1. The molecule has 0 aliphatic heterocycles. The van der Waals surface area contributed by atoms with Gasteiger partial charge in [0.2, 0.25) is 0 Å². The summed E-state index contributed by atoms with van der Waals surface area (Å²) in [5.74, 6) is 0. The Balaban J connectivity index is 1.74. The van der Waals surface area contributed by atoms with Crippen molar-refractivity contribution in [3.63, 3.8) is 0 Å². The Kier molecular flexibility index (Phi) is 4.18. The second-order valence-corrected chi connectivity index (χ2v) is 6.26. The van der Waals surface area contributed by atoms with Gasteiger partial charge in [-0.05, 0) is 36.2 Å². The number of halogens is 1. The first-order valence-corrected chi connectivity index (χ1v) is 7.81. The van der Waals surface area contributed by atoms with E-state index in [2.05, 4.69) is 16.4 Å². The van der Waals surface area contributed by atoms with Crippen LogP contribution < -0.4 is 5.32 Å². The third-order valence-corrected chi connectivity index (χ3v) is 4.29. The van der Waals surface area contributed by atoms with Crippen LogP contribution in [0, 0.1) is 0 Å². The highest BCUT2D eigenvalue weighted by Gasteiger charge is 2.05. The quantitative estimate of drug-likeness (QED) is 0.560. The van der Waals surface area contributed by atoms with E-state index in [1.165, 1.54) is 0 Å². The van der Waals surface area contributed by atoms with E-state index in [0.717, 1.165) is 32.9 Å². The van der Waals surface area contributed by atoms with Crippen LogP contribution in [-0.4, -0.2) is 16.6 Å². The number of anilines is 2. The van der Waals surface area contributed by atoms with E-state index in [9.17, 15) is 4.79 Å². The van der Waals surface area contributed by atoms with Gasteiger partial charge in [-0.2, -0.15) is 0 Å². The van der Waals surface area contributed by atoms with E-state index < -0.39 is 5.38 Å². The summed E-state index contributed by atoms with van der Waals surface area (Å²) < 4.78 is 1.16. The molecule has 1 unspecified atom stereocenters. The fourth-order valence-corrected chi connectivity index (χ4v) is 3.11. The molecule has 0 amide bonds. The van der Waals surface area contributed by atoms with Crippen LogP contribution >= 0.6 is 22.9 Å². The normalized spacial score (nSPS) is 12.2. The molecule has 3 rings (SSSR count). The number of aldehydes is 1. The third kappa shape index (κ3) is 3.40. The molecule has 3 nitrogen and oxygen atoms in total. The Morgan fingerprint density at radius 2 is 1.95 bits per heavy atom. The number of fused-ring (bicyclic) bond motifs is 1. The van der Waals surface area contributed by atoms with Crippen LogP contribution in [0.25, 0.3) is 10.2 Å². The van der Waals surface area contributed by atoms with Crippen molar-refractivity contribution < 1.29 is 4.79 Å². The summed E-state index contributed by atoms with van der Waals surface area (Å²) in [6.45, 7) is 0. The molecule has 0 spiro atoms. The molecule has 0 aliphatic carbocycles. The molecule has 106 valence electrons. The molecule has 1 N–H and O–H groups in total. The second-order valence-electron chi connectivity index (χ2n) is 4.66. The Bertz CT molecular complexity index is 721. The Morgan fingerprint density at radius 1 is 1.19 bits per heavy atom. The molecule has 5 heteroatoms. The Hall–Kier alpha value is -1.91. The first kappa shape index (κ1) is 14.0. The van der Waals surface area contributed by atoms with Crippen molar-refractivity contribution in [2.75, 3.05) is 5.32 Å². The van der Waals surface area contributed by atoms with E-state index in [0.29, 0.717) is 6.42 Å². The lowest BCUT2D eigenvalue weighted by Crippen LogP contribution is -2.04. The number of hydrogen-bond acceptors (Lipinski definition) is 4. The smallest absolute Gasteiger partial charge is 0.188 e. The number of aromatic nitrogens is 1. The van der Waals surface area contributed by atoms with Crippen LogP contribution in [0.3, 0.4) is 0 Å². The van der Waals surface area contributed by atoms with Gasteiger partial charge in [-0.25, -0.2) is 4.98 Å². The van der Waals surface area contributed by atoms with Gasteiger partial charge in [0.15, 0.2) is 5.13 Å². The highest BCUT2D eigenvalue weighted by atomic mass is 35.5. The molecule has 1 aromatic heterocycles. The largest absolute Gasteiger partial charge is 0.332 e. The summed E-state index contributed by atoms with van der Waals surface area (Å²) in [6, 6.07) is 15.9. The van der Waals surface area contributed by atoms with Gasteiger partial charge in [-0.1, -0.05) is 35.6 Å². The molecular formula is C16H13ClN2OS. The number of carbonyl (C=O) groups is 1. The molecule has 2 aromatic carbocycles. The van der Waals surface area contributed by atoms with Crippen LogP contribution in [0.4, 0.5) is 10.8 Å². The van der Waals surface area contributed by atoms with Crippen molar-refractivity contribution in [3.05, 3.63) is 54.1 Å². The lowest BCUT2D eigenvalue weighted by atomic mass is 10.1. The lowest BCUT2D eigenvalue weighted by Gasteiger charge is -2.05. The molecule has 0 fully saturated rings. The number of nitrogens with zero attached hydrogens (tertiary/aromatic N) is 1. The number of thiazole rings is 1. The van der Waals surface area contributed by atoms with Crippen molar-refractivity contribution in [2.24, 2.45) is 0 Å². The first-order valence-electron chi connectivity index (χ1n) is 6.55. The molecule has 0 aliphatic rings. The molecule has 0 bridgehead atoms. The van der Waals surface area contributed by atoms with Gasteiger partial charge in [-0.15, -0.1) is 11.6 Å². The predicted octanol–water partition coefficient (Wildman–Crippen LogP) is 4.39. The number of rotatable bonds is 5. The first-order chi connectivity index (χ1) is 10.2. The van der Waals surface area contributed by atoms with E-state index in [1.807, 2.05) is 42.5 Å². The van der Waals surface area contributed by atoms with E-state index >= 15 is 0 Å². The minimum Gasteiger partial charge on any atom is -0.332 e. The fourth-order valence-electron chi connectivity index (χ4n) is 2.05. The molecule has 0 saturated carbocycles. The summed E-state index contributed by atoms with van der Waals surface area (Å²) in [5, 5.41) is 3.70. The van der Waals surface area contributed by atoms with Gasteiger partial charge in [0.05, 0.1) is 15.6 Å². The minimum absolute atomic E-state index is 0.465. The second kappa shape index (κ2) is 6.24. The lowest BCUT2D eigenvalue weighted by molar-refractivity contribution is -0.107. The number of para-hydroxylation sites is 1. The van der Waals surface area contributed by atoms with Crippen molar-refractivity contribution >= 4 is 50.3 Å². The summed E-state index contributed by atoms with van der Waals surface area (Å²) in [5.41, 5.74) is 3.00. The summed E-state index contributed by atoms with van der Waals surface area (Å²) >= 11 is 7.44. The standard InChI is InChI=1S/C16H13ClN2OS/c17-12(10-20)9-11-5-7-13(8-6-11)18-16-19-14-3-1-2-4-15(14)21-16/h1-8,10,12H,9H2,(H,18,19). The van der Waals surface area contributed by atoms with E-state index in [-0.39, 0.29) is 0 Å². The number of nitrogens with one attached hydrogen (secondary N) is 1. The van der Waals surface area contributed by atoms with Crippen molar-refractivity contribution in [1.29, 1.82) is 0 Å². The molecule has 1 atom stereocenters. The Labute approximate surface area is 131 Å². The van der Waals surface area contributed by atoms with Crippen LogP contribution in [0.1, 0.15) is 5.56 Å². The fraction of sp³-hybridized carbons (Fsp3) is 0.125. The van der Waals surface area contributed by atoms with Gasteiger partial charge < -0.3 is 10.1 Å². The van der Waals surface area contributed by atoms with Crippen molar-refractivity contribution in [1.82, 2.24) is 4.98 Å². The van der Waals surface area contributed by atoms with Crippen LogP contribution in [-0.2, 0) is 11.2 Å². The van der Waals surface area contributed by atoms with Crippen molar-refractivity contribution in [3.8, 4) is 0 Å². The molecule has 1 heterocycles. The molecule has 0 radical (unpaired) electrons. The van der Waals surface area contributed by atoms with E-state index in [4.69, 9.17) is 11.6 Å². The maximum absolute atomic E-state index is 10.6. The zero-order valence-electron chi connectivity index (χ0n) is 11.1. The predicted molar refractivity (Wildman–Crippen MR) is 88.8 cm³/mol. The topological polar surface area (TPSA) is 42.0 Å². The highest BCUT2D eigenvalue weighted by molar-refractivity contribution is 7.22. The van der Waals surface area contributed by atoms with Gasteiger partial charge in [0, 0.05) is 5.69 Å². The van der Waals surface area contributed by atoms with Gasteiger partial charge in [-0.3, -0.25) is 0 Å². The zero-order chi connectivity index (χ0) is 14.7. The monoisotopic (exact) mass is 316 g/mol. The summed E-state index contributed by atoms with van der Waals surface area (Å²) in [6.07, 6.45) is 1.31. The van der Waals surface area contributed by atoms with Gasteiger partial charge in [0.25, 0.3) is 0 Å². The number of benzene rings is 2. The average molecular weight is 317 g/mol. The average Bonchev–Trinajstić information content (AvgIpc) is 2.91. The summed E-state index contributed by atoms with van der Waals surface area (Å²) in [4.78, 5) is 15.1. The maximum atomic E-state index is 10.6.